The Bertz CT molecular complexity index is 776. The summed E-state index contributed by atoms with van der Waals surface area (Å²) in [6.07, 6.45) is 0.950. The molecule has 116 valence electrons. The van der Waals surface area contributed by atoms with Gasteiger partial charge in [-0.2, -0.15) is 0 Å². The fourth-order valence-corrected chi connectivity index (χ4v) is 2.63. The predicted octanol–water partition coefficient (Wildman–Crippen LogP) is 3.66. The molecule has 0 radical (unpaired) electrons. The molecule has 0 aliphatic rings. The van der Waals surface area contributed by atoms with Crippen molar-refractivity contribution < 1.29 is 19.4 Å². The Morgan fingerprint density at radius 2 is 1.57 bits per heavy atom. The van der Waals surface area contributed by atoms with Gasteiger partial charge in [0, 0.05) is 0 Å². The van der Waals surface area contributed by atoms with Gasteiger partial charge in [-0.3, -0.25) is 4.79 Å². The summed E-state index contributed by atoms with van der Waals surface area (Å²) in [7, 11) is 0. The molecule has 0 aliphatic heterocycles. The molecule has 1 aromatic heterocycles. The third kappa shape index (κ3) is 3.03. The highest BCUT2D eigenvalue weighted by Crippen LogP contribution is 2.34. The Labute approximate surface area is 133 Å². The average molecular weight is 308 g/mol. The number of carboxylic acid groups (broad SMARTS) is 1. The third-order valence-corrected chi connectivity index (χ3v) is 3.81. The maximum atomic E-state index is 11.2. The molecule has 4 heteroatoms. The Balaban J connectivity index is 1.99. The van der Waals surface area contributed by atoms with Crippen molar-refractivity contribution in [2.45, 2.75) is 12.0 Å². The number of furan rings is 1. The molecular weight excluding hydrogens is 292 g/mol. The minimum Gasteiger partial charge on any atom is -0.481 e. The summed E-state index contributed by atoms with van der Waals surface area (Å²) in [5, 5.41) is 20.0. The van der Waals surface area contributed by atoms with Crippen molar-refractivity contribution in [3.05, 3.63) is 84.3 Å². The molecule has 3 rings (SSSR count). The van der Waals surface area contributed by atoms with Crippen molar-refractivity contribution in [3.8, 4) is 11.1 Å². The molecule has 0 saturated carbocycles. The van der Waals surface area contributed by atoms with Gasteiger partial charge in [0.1, 0.15) is 5.76 Å². The number of carboxylic acids is 1. The molecular formula is C19H16O4. The van der Waals surface area contributed by atoms with Gasteiger partial charge in [0.25, 0.3) is 0 Å². The van der Waals surface area contributed by atoms with Gasteiger partial charge in [0.15, 0.2) is 5.60 Å². The van der Waals surface area contributed by atoms with Crippen LogP contribution in [-0.2, 0) is 10.4 Å². The molecule has 0 amide bonds. The predicted molar refractivity (Wildman–Crippen MR) is 85.8 cm³/mol. The minimum atomic E-state index is -1.69. The number of hydrogen-bond donors (Lipinski definition) is 2. The first-order valence-electron chi connectivity index (χ1n) is 7.24. The summed E-state index contributed by atoms with van der Waals surface area (Å²) in [4.78, 5) is 11.2. The molecule has 0 bridgehead atoms. The molecule has 0 saturated heterocycles. The smallest absolute Gasteiger partial charge is 0.307 e. The first-order chi connectivity index (χ1) is 11.1. The molecule has 1 heterocycles. The van der Waals surface area contributed by atoms with Crippen molar-refractivity contribution >= 4 is 5.97 Å². The fraction of sp³-hybridized carbons (Fsp3) is 0.105. The molecule has 1 atom stereocenters. The van der Waals surface area contributed by atoms with Crippen LogP contribution in [0.15, 0.2) is 77.4 Å². The highest BCUT2D eigenvalue weighted by atomic mass is 16.4. The van der Waals surface area contributed by atoms with Crippen LogP contribution in [0.2, 0.25) is 0 Å². The molecule has 3 aromatic rings. The number of carbonyl (C=O) groups is 1. The quantitative estimate of drug-likeness (QED) is 0.754. The van der Waals surface area contributed by atoms with E-state index in [0.717, 1.165) is 11.1 Å². The summed E-state index contributed by atoms with van der Waals surface area (Å²) in [5.74, 6) is -0.886. The minimum absolute atomic E-state index is 0.215. The Kier molecular flexibility index (Phi) is 4.00. The number of rotatable bonds is 5. The lowest BCUT2D eigenvalue weighted by molar-refractivity contribution is -0.142. The fourth-order valence-electron chi connectivity index (χ4n) is 2.63. The highest BCUT2D eigenvalue weighted by Gasteiger charge is 2.37. The van der Waals surface area contributed by atoms with E-state index in [1.165, 1.54) is 6.26 Å². The van der Waals surface area contributed by atoms with Crippen LogP contribution >= 0.6 is 0 Å². The highest BCUT2D eigenvalue weighted by molar-refractivity contribution is 5.70. The molecule has 2 aromatic carbocycles. The van der Waals surface area contributed by atoms with Gasteiger partial charge in [-0.15, -0.1) is 0 Å². The summed E-state index contributed by atoms with van der Waals surface area (Å²) >= 11 is 0. The third-order valence-electron chi connectivity index (χ3n) is 3.81. The molecule has 0 fully saturated rings. The van der Waals surface area contributed by atoms with Crippen LogP contribution < -0.4 is 0 Å². The van der Waals surface area contributed by atoms with Gasteiger partial charge in [-0.1, -0.05) is 54.6 Å². The van der Waals surface area contributed by atoms with Gasteiger partial charge >= 0.3 is 5.97 Å². The zero-order valence-electron chi connectivity index (χ0n) is 12.3. The van der Waals surface area contributed by atoms with Crippen molar-refractivity contribution in [3.63, 3.8) is 0 Å². The van der Waals surface area contributed by atoms with E-state index in [1.807, 2.05) is 42.5 Å². The van der Waals surface area contributed by atoms with Gasteiger partial charge in [-0.05, 0) is 28.8 Å². The number of hydrogen-bond acceptors (Lipinski definition) is 3. The zero-order valence-corrected chi connectivity index (χ0v) is 12.3. The molecule has 0 spiro atoms. The second-order valence-electron chi connectivity index (χ2n) is 5.35. The van der Waals surface area contributed by atoms with E-state index < -0.39 is 18.0 Å². The number of benzene rings is 2. The summed E-state index contributed by atoms with van der Waals surface area (Å²) in [6.45, 7) is 0. The van der Waals surface area contributed by atoms with E-state index in [2.05, 4.69) is 0 Å². The maximum Gasteiger partial charge on any atom is 0.307 e. The van der Waals surface area contributed by atoms with Crippen LogP contribution in [0.1, 0.15) is 17.7 Å². The second kappa shape index (κ2) is 6.10. The Hall–Kier alpha value is -2.85. The van der Waals surface area contributed by atoms with Crippen molar-refractivity contribution in [1.82, 2.24) is 0 Å². The van der Waals surface area contributed by atoms with Crippen LogP contribution in [0.3, 0.4) is 0 Å². The molecule has 0 unspecified atom stereocenters. The molecule has 23 heavy (non-hydrogen) atoms. The van der Waals surface area contributed by atoms with Crippen LogP contribution in [0, 0.1) is 0 Å². The van der Waals surface area contributed by atoms with Crippen LogP contribution in [-0.4, -0.2) is 16.2 Å². The molecule has 2 N–H and O–H groups in total. The summed E-state index contributed by atoms with van der Waals surface area (Å²) in [5.41, 5.74) is 0.838. The lowest BCUT2D eigenvalue weighted by atomic mass is 9.87. The standard InChI is InChI=1S/C19H16O4/c20-18(21)13-19(22,17-7-4-12-23-17)16-10-8-15(9-11-16)14-5-2-1-3-6-14/h1-12,22H,13H2,(H,20,21)/t19-/m0/s1. The van der Waals surface area contributed by atoms with Crippen molar-refractivity contribution in [1.29, 1.82) is 0 Å². The second-order valence-corrected chi connectivity index (χ2v) is 5.35. The normalized spacial score (nSPS) is 13.4. The van der Waals surface area contributed by atoms with Crippen LogP contribution in [0.4, 0.5) is 0 Å². The summed E-state index contributed by atoms with van der Waals surface area (Å²) < 4.78 is 5.26. The summed E-state index contributed by atoms with van der Waals surface area (Å²) in [6, 6.07) is 20.2. The van der Waals surface area contributed by atoms with E-state index in [-0.39, 0.29) is 5.76 Å². The topological polar surface area (TPSA) is 70.7 Å². The Morgan fingerprint density at radius 1 is 0.913 bits per heavy atom. The van der Waals surface area contributed by atoms with Gasteiger partial charge < -0.3 is 14.6 Å². The van der Waals surface area contributed by atoms with Gasteiger partial charge in [-0.25, -0.2) is 0 Å². The van der Waals surface area contributed by atoms with E-state index in [0.29, 0.717) is 5.56 Å². The van der Waals surface area contributed by atoms with Crippen LogP contribution in [0.5, 0.6) is 0 Å². The van der Waals surface area contributed by atoms with Gasteiger partial charge in [0.2, 0.25) is 0 Å². The zero-order chi connectivity index (χ0) is 16.3. The van der Waals surface area contributed by atoms with E-state index in [9.17, 15) is 9.90 Å². The first kappa shape index (κ1) is 15.1. The van der Waals surface area contributed by atoms with Gasteiger partial charge in [0.05, 0.1) is 12.7 Å². The van der Waals surface area contributed by atoms with Crippen molar-refractivity contribution in [2.24, 2.45) is 0 Å². The maximum absolute atomic E-state index is 11.2. The van der Waals surface area contributed by atoms with E-state index in [1.54, 1.807) is 24.3 Å². The molecule has 4 nitrogen and oxygen atoms in total. The Morgan fingerprint density at radius 3 is 2.13 bits per heavy atom. The lowest BCUT2D eigenvalue weighted by Crippen LogP contribution is -2.30. The van der Waals surface area contributed by atoms with E-state index >= 15 is 0 Å². The largest absolute Gasteiger partial charge is 0.481 e. The first-order valence-corrected chi connectivity index (χ1v) is 7.24. The number of aliphatic carboxylic acids is 1. The van der Waals surface area contributed by atoms with Crippen molar-refractivity contribution in [2.75, 3.05) is 0 Å². The SMILES string of the molecule is O=C(O)C[C@](O)(c1ccc(-c2ccccc2)cc1)c1ccco1. The monoisotopic (exact) mass is 308 g/mol. The number of aliphatic hydroxyl groups is 1. The van der Waals surface area contributed by atoms with Crippen LogP contribution in [0.25, 0.3) is 11.1 Å². The average Bonchev–Trinajstić information content (AvgIpc) is 3.10. The lowest BCUT2D eigenvalue weighted by Gasteiger charge is -2.25. The van der Waals surface area contributed by atoms with E-state index in [4.69, 9.17) is 9.52 Å². The molecule has 0 aliphatic carbocycles.